The summed E-state index contributed by atoms with van der Waals surface area (Å²) < 4.78 is 47.4. The molecule has 1 atom stereocenters. The molecule has 0 saturated carbocycles. The number of amides is 1. The first-order chi connectivity index (χ1) is 15.8. The Kier molecular flexibility index (Phi) is 6.73. The van der Waals surface area contributed by atoms with E-state index >= 15 is 0 Å². The van der Waals surface area contributed by atoms with Crippen LogP contribution in [0.3, 0.4) is 0 Å². The van der Waals surface area contributed by atoms with Crippen LogP contribution in [0.1, 0.15) is 35.6 Å². The van der Waals surface area contributed by atoms with Crippen molar-refractivity contribution in [2.24, 2.45) is 5.92 Å². The first kappa shape index (κ1) is 23.3. The van der Waals surface area contributed by atoms with Crippen LogP contribution in [0.5, 0.6) is 0 Å². The van der Waals surface area contributed by atoms with E-state index in [1.165, 1.54) is 40.8 Å². The van der Waals surface area contributed by atoms with Gasteiger partial charge in [-0.1, -0.05) is 23.4 Å². The lowest BCUT2D eigenvalue weighted by Gasteiger charge is -2.30. The van der Waals surface area contributed by atoms with Crippen molar-refractivity contribution in [1.29, 1.82) is 0 Å². The zero-order valence-corrected chi connectivity index (χ0v) is 19.7. The smallest absolute Gasteiger partial charge is 0.248 e. The molecule has 3 heterocycles. The van der Waals surface area contributed by atoms with E-state index in [1.54, 1.807) is 18.2 Å². The van der Waals surface area contributed by atoms with E-state index in [0.29, 0.717) is 23.5 Å². The Bertz CT molecular complexity index is 1300. The number of anilines is 1. The zero-order valence-electron chi connectivity index (χ0n) is 18.1. The second-order valence-corrected chi connectivity index (χ2v) is 10.5. The van der Waals surface area contributed by atoms with Crippen LogP contribution in [0.2, 0.25) is 0 Å². The molecule has 0 bridgehead atoms. The summed E-state index contributed by atoms with van der Waals surface area (Å²) in [5, 5.41) is 8.91. The Balaban J connectivity index is 1.55. The van der Waals surface area contributed by atoms with E-state index in [1.807, 2.05) is 12.3 Å². The lowest BCUT2D eigenvalue weighted by atomic mass is 9.99. The summed E-state index contributed by atoms with van der Waals surface area (Å²) in [5.74, 6) is -1.18. The van der Waals surface area contributed by atoms with Crippen molar-refractivity contribution in [1.82, 2.24) is 14.4 Å². The van der Waals surface area contributed by atoms with Gasteiger partial charge in [-0.15, -0.1) is 11.3 Å². The Morgan fingerprint density at radius 2 is 2.09 bits per heavy atom. The molecule has 1 aromatic carbocycles. The van der Waals surface area contributed by atoms with Gasteiger partial charge in [0.2, 0.25) is 15.9 Å². The summed E-state index contributed by atoms with van der Waals surface area (Å²) in [7, 11) is -3.99. The Labute approximate surface area is 195 Å². The number of aryl methyl sites for hydroxylation is 2. The molecule has 8 nitrogen and oxygen atoms in total. The molecule has 0 aliphatic carbocycles. The van der Waals surface area contributed by atoms with Crippen LogP contribution in [-0.4, -0.2) is 41.9 Å². The van der Waals surface area contributed by atoms with Crippen LogP contribution in [0.25, 0.3) is 12.2 Å². The lowest BCUT2D eigenvalue weighted by molar-refractivity contribution is -0.120. The molecule has 1 aliphatic heterocycles. The number of piperidine rings is 1. The maximum Gasteiger partial charge on any atom is 0.248 e. The Morgan fingerprint density at radius 1 is 1.30 bits per heavy atom. The van der Waals surface area contributed by atoms with Crippen molar-refractivity contribution < 1.29 is 22.1 Å². The number of halogens is 1. The van der Waals surface area contributed by atoms with Gasteiger partial charge in [-0.3, -0.25) is 4.79 Å². The molecular formula is C22H23FN4O4S2. The average Bonchev–Trinajstić information content (AvgIpc) is 3.38. The molecule has 0 radical (unpaired) electrons. The van der Waals surface area contributed by atoms with E-state index in [-0.39, 0.29) is 35.3 Å². The molecule has 4 rings (SSSR count). The number of hydrogen-bond donors (Lipinski definition) is 1. The third kappa shape index (κ3) is 5.05. The average molecular weight is 491 g/mol. The highest BCUT2D eigenvalue weighted by Gasteiger charge is 2.37. The standard InChI is InChI=1S/C22H23FN4O4S2/c1-14-13-32-22(24-14)25-21(28)17-7-5-11-27(12-17)33(29,30)20-15(2)26-31-19(20)10-9-16-6-3-4-8-18(16)23/h3-4,6,8-10,13,17H,5,7,11-12H2,1-2H3,(H,24,25,28)/b10-9+/t17-/m1/s1. The van der Waals surface area contributed by atoms with Gasteiger partial charge in [0, 0.05) is 24.0 Å². The summed E-state index contributed by atoms with van der Waals surface area (Å²) in [4.78, 5) is 16.9. The van der Waals surface area contributed by atoms with Crippen LogP contribution in [0.15, 0.2) is 39.1 Å². The highest BCUT2D eigenvalue weighted by molar-refractivity contribution is 7.89. The molecule has 1 fully saturated rings. The summed E-state index contributed by atoms with van der Waals surface area (Å²) in [5.41, 5.74) is 1.30. The summed E-state index contributed by atoms with van der Waals surface area (Å²) in [6.07, 6.45) is 3.95. The number of rotatable bonds is 6. The lowest BCUT2D eigenvalue weighted by Crippen LogP contribution is -2.43. The molecule has 174 valence electrons. The predicted molar refractivity (Wildman–Crippen MR) is 124 cm³/mol. The van der Waals surface area contributed by atoms with Gasteiger partial charge in [0.15, 0.2) is 15.8 Å². The number of aromatic nitrogens is 2. The van der Waals surface area contributed by atoms with Gasteiger partial charge >= 0.3 is 0 Å². The topological polar surface area (TPSA) is 105 Å². The molecule has 33 heavy (non-hydrogen) atoms. The molecule has 3 aromatic rings. The predicted octanol–water partition coefficient (Wildman–Crippen LogP) is 4.10. The van der Waals surface area contributed by atoms with Gasteiger partial charge in [-0.2, -0.15) is 4.31 Å². The SMILES string of the molecule is Cc1csc(NC(=O)[C@@H]2CCCN(S(=O)(=O)c3c(C)noc3/C=C/c3ccccc3F)C2)n1. The third-order valence-electron chi connectivity index (χ3n) is 5.35. The van der Waals surface area contributed by atoms with E-state index in [2.05, 4.69) is 15.5 Å². The maximum absolute atomic E-state index is 13.9. The minimum absolute atomic E-state index is 0.0144. The number of hydrogen-bond acceptors (Lipinski definition) is 7. The van der Waals surface area contributed by atoms with Crippen LogP contribution in [-0.2, 0) is 14.8 Å². The van der Waals surface area contributed by atoms with Crippen molar-refractivity contribution in [2.75, 3.05) is 18.4 Å². The third-order valence-corrected chi connectivity index (χ3v) is 8.25. The normalized spacial score (nSPS) is 17.5. The van der Waals surface area contributed by atoms with Crippen molar-refractivity contribution in [2.45, 2.75) is 31.6 Å². The number of benzene rings is 1. The molecule has 0 unspecified atom stereocenters. The molecule has 2 aromatic heterocycles. The van der Waals surface area contributed by atoms with Gasteiger partial charge in [0.05, 0.1) is 11.6 Å². The molecule has 1 aliphatic rings. The first-order valence-electron chi connectivity index (χ1n) is 10.4. The van der Waals surface area contributed by atoms with Crippen molar-refractivity contribution in [3.63, 3.8) is 0 Å². The number of sulfonamides is 1. The fraction of sp³-hybridized carbons (Fsp3) is 0.318. The van der Waals surface area contributed by atoms with Gasteiger partial charge in [-0.25, -0.2) is 17.8 Å². The summed E-state index contributed by atoms with van der Waals surface area (Å²) in [6.45, 7) is 3.69. The van der Waals surface area contributed by atoms with Crippen molar-refractivity contribution in [3.05, 3.63) is 58.2 Å². The minimum atomic E-state index is -3.99. The number of nitrogens with one attached hydrogen (secondary N) is 1. The molecule has 1 N–H and O–H groups in total. The van der Waals surface area contributed by atoms with Gasteiger partial charge in [-0.05, 0) is 44.9 Å². The fourth-order valence-electron chi connectivity index (χ4n) is 3.70. The molecular weight excluding hydrogens is 467 g/mol. The fourth-order valence-corrected chi connectivity index (χ4v) is 6.16. The monoisotopic (exact) mass is 490 g/mol. The van der Waals surface area contributed by atoms with Crippen molar-refractivity contribution >= 4 is 44.6 Å². The van der Waals surface area contributed by atoms with E-state index < -0.39 is 21.8 Å². The number of carbonyl (C=O) groups excluding carboxylic acids is 1. The van der Waals surface area contributed by atoms with Crippen LogP contribution < -0.4 is 5.32 Å². The number of nitrogens with zero attached hydrogens (tertiary/aromatic N) is 3. The van der Waals surface area contributed by atoms with E-state index in [0.717, 1.165) is 5.69 Å². The molecule has 0 spiro atoms. The summed E-state index contributed by atoms with van der Waals surface area (Å²) in [6, 6.07) is 6.13. The first-order valence-corrected chi connectivity index (χ1v) is 12.7. The van der Waals surface area contributed by atoms with Crippen LogP contribution in [0, 0.1) is 25.6 Å². The quantitative estimate of drug-likeness (QED) is 0.558. The second kappa shape index (κ2) is 9.54. The Hall–Kier alpha value is -2.89. The highest BCUT2D eigenvalue weighted by Crippen LogP contribution is 2.30. The highest BCUT2D eigenvalue weighted by atomic mass is 32.2. The zero-order chi connectivity index (χ0) is 23.6. The van der Waals surface area contributed by atoms with Crippen LogP contribution in [0.4, 0.5) is 9.52 Å². The number of carbonyl (C=O) groups is 1. The van der Waals surface area contributed by atoms with Gasteiger partial charge in [0.1, 0.15) is 11.5 Å². The van der Waals surface area contributed by atoms with Gasteiger partial charge in [0.25, 0.3) is 0 Å². The summed E-state index contributed by atoms with van der Waals surface area (Å²) >= 11 is 1.32. The van der Waals surface area contributed by atoms with E-state index in [9.17, 15) is 17.6 Å². The molecule has 1 amide bonds. The Morgan fingerprint density at radius 3 is 2.82 bits per heavy atom. The van der Waals surface area contributed by atoms with E-state index in [4.69, 9.17) is 4.52 Å². The largest absolute Gasteiger partial charge is 0.355 e. The minimum Gasteiger partial charge on any atom is -0.355 e. The second-order valence-electron chi connectivity index (χ2n) is 7.80. The molecule has 11 heteroatoms. The van der Waals surface area contributed by atoms with Crippen molar-refractivity contribution in [3.8, 4) is 0 Å². The van der Waals surface area contributed by atoms with Crippen LogP contribution >= 0.6 is 11.3 Å². The molecule has 1 saturated heterocycles. The number of thiazole rings is 1. The maximum atomic E-state index is 13.9. The van der Waals surface area contributed by atoms with Gasteiger partial charge < -0.3 is 9.84 Å².